The molecule has 0 aliphatic heterocycles. The molecular weight excluding hydrogens is 328 g/mol. The van der Waals surface area contributed by atoms with Crippen LogP contribution in [0.15, 0.2) is 21.4 Å². The first-order valence-corrected chi connectivity index (χ1v) is 7.93. The molecule has 0 spiro atoms. The quantitative estimate of drug-likeness (QED) is 0.776. The van der Waals surface area contributed by atoms with E-state index in [-0.39, 0.29) is 11.1 Å². The average molecular weight is 344 g/mol. The third-order valence-corrected chi connectivity index (χ3v) is 5.27. The smallest absolute Gasteiger partial charge is 0.306 e. The molecule has 0 radical (unpaired) electrons. The lowest BCUT2D eigenvalue weighted by atomic mass is 9.84. The summed E-state index contributed by atoms with van der Waals surface area (Å²) in [5, 5.41) is 0.0116. The lowest BCUT2D eigenvalue weighted by molar-refractivity contribution is 0.348. The van der Waals surface area contributed by atoms with E-state index in [2.05, 4.69) is 25.9 Å². The summed E-state index contributed by atoms with van der Waals surface area (Å²) in [6.45, 7) is 0. The van der Waals surface area contributed by atoms with Gasteiger partial charge in [0.1, 0.15) is 0 Å². The molecule has 0 saturated heterocycles. The van der Waals surface area contributed by atoms with Crippen molar-refractivity contribution in [3.63, 3.8) is 0 Å². The van der Waals surface area contributed by atoms with Crippen LogP contribution in [0.1, 0.15) is 43.0 Å². The van der Waals surface area contributed by atoms with Crippen LogP contribution in [0.2, 0.25) is 0 Å². The number of nitrogens with one attached hydrogen (secondary N) is 2. The minimum absolute atomic E-state index is 0.0116. The predicted octanol–water partition coefficient (Wildman–Crippen LogP) is 4.48. The van der Waals surface area contributed by atoms with Crippen molar-refractivity contribution in [1.29, 1.82) is 0 Å². The Morgan fingerprint density at radius 3 is 2.47 bits per heavy atom. The van der Waals surface area contributed by atoms with E-state index >= 15 is 0 Å². The van der Waals surface area contributed by atoms with E-state index in [4.69, 9.17) is 11.6 Å². The summed E-state index contributed by atoms with van der Waals surface area (Å²) in [6, 6.07) is 3.92. The maximum absolute atomic E-state index is 11.3. The Morgan fingerprint density at radius 2 is 1.79 bits per heavy atom. The number of alkyl halides is 1. The van der Waals surface area contributed by atoms with Gasteiger partial charge in [-0.25, -0.2) is 4.79 Å². The second-order valence-corrected chi connectivity index (χ2v) is 6.62. The zero-order valence-electron chi connectivity index (χ0n) is 10.5. The molecule has 1 fully saturated rings. The Kier molecular flexibility index (Phi) is 3.72. The Bertz CT molecular complexity index is 642. The van der Waals surface area contributed by atoms with Gasteiger partial charge in [-0.15, -0.1) is 11.6 Å². The van der Waals surface area contributed by atoms with Crippen LogP contribution in [0, 0.1) is 5.92 Å². The van der Waals surface area contributed by atoms with Gasteiger partial charge < -0.3 is 9.97 Å². The molecule has 1 saturated carbocycles. The van der Waals surface area contributed by atoms with E-state index in [9.17, 15) is 4.79 Å². The molecule has 1 aromatic carbocycles. The van der Waals surface area contributed by atoms with Crippen molar-refractivity contribution in [3.05, 3.63) is 32.7 Å². The normalized spacial score (nSPS) is 18.8. The molecule has 0 bridgehead atoms. The highest BCUT2D eigenvalue weighted by atomic mass is 79.9. The molecule has 3 rings (SSSR count). The van der Waals surface area contributed by atoms with E-state index < -0.39 is 0 Å². The highest BCUT2D eigenvalue weighted by molar-refractivity contribution is 9.10. The topological polar surface area (TPSA) is 48.6 Å². The van der Waals surface area contributed by atoms with Gasteiger partial charge in [0, 0.05) is 4.47 Å². The summed E-state index contributed by atoms with van der Waals surface area (Å²) in [5.74, 6) is 0.537. The van der Waals surface area contributed by atoms with Crippen molar-refractivity contribution >= 4 is 38.6 Å². The van der Waals surface area contributed by atoms with Crippen LogP contribution < -0.4 is 5.69 Å². The molecule has 1 heterocycles. The molecule has 5 heteroatoms. The summed E-state index contributed by atoms with van der Waals surface area (Å²) in [6.07, 6.45) is 6.26. The van der Waals surface area contributed by atoms with E-state index in [1.807, 2.05) is 12.1 Å². The maximum Gasteiger partial charge on any atom is 0.323 e. The van der Waals surface area contributed by atoms with Crippen molar-refractivity contribution in [1.82, 2.24) is 9.97 Å². The number of aromatic nitrogens is 2. The number of H-pyrrole nitrogens is 2. The van der Waals surface area contributed by atoms with Gasteiger partial charge in [0.15, 0.2) is 0 Å². The molecule has 1 aliphatic carbocycles. The fraction of sp³-hybridized carbons (Fsp3) is 0.500. The summed E-state index contributed by atoms with van der Waals surface area (Å²) in [5.41, 5.74) is 2.54. The number of fused-ring (bicyclic) bond motifs is 1. The number of hydrogen-bond donors (Lipinski definition) is 2. The second-order valence-electron chi connectivity index (χ2n) is 5.30. The van der Waals surface area contributed by atoms with Crippen LogP contribution in [0.25, 0.3) is 11.0 Å². The van der Waals surface area contributed by atoms with Crippen LogP contribution in [0.3, 0.4) is 0 Å². The van der Waals surface area contributed by atoms with Crippen LogP contribution in [-0.4, -0.2) is 9.97 Å². The first-order chi connectivity index (χ1) is 9.15. The molecule has 1 aromatic heterocycles. The molecule has 0 amide bonds. The van der Waals surface area contributed by atoms with Crippen molar-refractivity contribution in [3.8, 4) is 0 Å². The number of hydrogen-bond acceptors (Lipinski definition) is 1. The SMILES string of the molecule is O=c1[nH]c2cc(Br)c(C(Cl)C3CCCCC3)cc2[nH]1. The third kappa shape index (κ3) is 2.61. The molecule has 2 aromatic rings. The molecule has 1 aliphatic rings. The number of benzene rings is 1. The fourth-order valence-electron chi connectivity index (χ4n) is 2.96. The van der Waals surface area contributed by atoms with E-state index in [0.29, 0.717) is 5.92 Å². The van der Waals surface area contributed by atoms with Gasteiger partial charge in [0.05, 0.1) is 16.4 Å². The van der Waals surface area contributed by atoms with Crippen molar-refractivity contribution < 1.29 is 0 Å². The molecule has 2 N–H and O–H groups in total. The minimum atomic E-state index is -0.178. The van der Waals surface area contributed by atoms with Crippen LogP contribution in [0.5, 0.6) is 0 Å². The van der Waals surface area contributed by atoms with Gasteiger partial charge in [-0.05, 0) is 36.5 Å². The third-order valence-electron chi connectivity index (χ3n) is 3.99. The minimum Gasteiger partial charge on any atom is -0.306 e. The number of halogens is 2. The van der Waals surface area contributed by atoms with Gasteiger partial charge in [-0.1, -0.05) is 35.2 Å². The number of aromatic amines is 2. The van der Waals surface area contributed by atoms with Gasteiger partial charge in [0.2, 0.25) is 0 Å². The monoisotopic (exact) mass is 342 g/mol. The summed E-state index contributed by atoms with van der Waals surface area (Å²) in [4.78, 5) is 16.9. The molecule has 19 heavy (non-hydrogen) atoms. The Morgan fingerprint density at radius 1 is 1.16 bits per heavy atom. The molecule has 3 nitrogen and oxygen atoms in total. The lowest BCUT2D eigenvalue weighted by Crippen LogP contribution is -2.12. The standard InChI is InChI=1S/C14H16BrClN2O/c15-10-7-12-11(17-14(19)18-12)6-9(10)13(16)8-4-2-1-3-5-8/h6-8,13H,1-5H2,(H2,17,18,19). The van der Waals surface area contributed by atoms with Gasteiger partial charge in [-0.3, -0.25) is 0 Å². The maximum atomic E-state index is 11.3. The number of imidazole rings is 1. The fourth-order valence-corrected chi connectivity index (χ4v) is 4.12. The highest BCUT2D eigenvalue weighted by Gasteiger charge is 2.25. The molecule has 102 valence electrons. The molecular formula is C14H16BrClN2O. The Balaban J connectivity index is 1.98. The van der Waals surface area contributed by atoms with E-state index in [1.165, 1.54) is 32.1 Å². The van der Waals surface area contributed by atoms with Gasteiger partial charge in [0.25, 0.3) is 0 Å². The molecule has 1 atom stereocenters. The van der Waals surface area contributed by atoms with Crippen LogP contribution >= 0.6 is 27.5 Å². The highest BCUT2D eigenvalue weighted by Crippen LogP contribution is 2.41. The largest absolute Gasteiger partial charge is 0.323 e. The Labute approximate surface area is 124 Å². The zero-order chi connectivity index (χ0) is 13.4. The van der Waals surface area contributed by atoms with E-state index in [1.54, 1.807) is 0 Å². The summed E-state index contributed by atoms with van der Waals surface area (Å²) >= 11 is 10.2. The van der Waals surface area contributed by atoms with Crippen molar-refractivity contribution in [2.75, 3.05) is 0 Å². The van der Waals surface area contributed by atoms with Crippen LogP contribution in [-0.2, 0) is 0 Å². The first-order valence-electron chi connectivity index (χ1n) is 6.70. The summed E-state index contributed by atoms with van der Waals surface area (Å²) < 4.78 is 0.973. The van der Waals surface area contributed by atoms with E-state index in [0.717, 1.165) is 21.1 Å². The van der Waals surface area contributed by atoms with Crippen molar-refractivity contribution in [2.45, 2.75) is 37.5 Å². The Hall–Kier alpha value is -0.740. The summed E-state index contributed by atoms with van der Waals surface area (Å²) in [7, 11) is 0. The lowest BCUT2D eigenvalue weighted by Gasteiger charge is -2.27. The molecule has 1 unspecified atom stereocenters. The predicted molar refractivity (Wildman–Crippen MR) is 81.8 cm³/mol. The zero-order valence-corrected chi connectivity index (χ0v) is 12.9. The first kappa shape index (κ1) is 13.3. The average Bonchev–Trinajstić information content (AvgIpc) is 2.77. The van der Waals surface area contributed by atoms with Gasteiger partial charge >= 0.3 is 5.69 Å². The number of rotatable bonds is 2. The van der Waals surface area contributed by atoms with Gasteiger partial charge in [-0.2, -0.15) is 0 Å². The van der Waals surface area contributed by atoms with Crippen LogP contribution in [0.4, 0.5) is 0 Å². The van der Waals surface area contributed by atoms with Crippen molar-refractivity contribution in [2.24, 2.45) is 5.92 Å². The second kappa shape index (κ2) is 5.33.